The van der Waals surface area contributed by atoms with E-state index in [0.717, 1.165) is 22.3 Å². The molecule has 2 aliphatic rings. The van der Waals surface area contributed by atoms with Gasteiger partial charge in [-0.15, -0.1) is 0 Å². The zero-order valence-corrected chi connectivity index (χ0v) is 26.7. The summed E-state index contributed by atoms with van der Waals surface area (Å²) in [5.74, 6) is 0. The van der Waals surface area contributed by atoms with Gasteiger partial charge in [0.2, 0.25) is 0 Å². The van der Waals surface area contributed by atoms with Crippen molar-refractivity contribution < 1.29 is 9.31 Å². The highest BCUT2D eigenvalue weighted by atomic mass is 16.7. The number of hydrogen-bond donors (Lipinski definition) is 0. The van der Waals surface area contributed by atoms with E-state index in [9.17, 15) is 0 Å². The lowest BCUT2D eigenvalue weighted by atomic mass is 9.64. The molecule has 4 heteroatoms. The molecular weight excluding hydrogens is 561 g/mol. The van der Waals surface area contributed by atoms with Crippen LogP contribution in [-0.4, -0.2) is 23.3 Å². The predicted molar refractivity (Wildman–Crippen MR) is 188 cm³/mol. The van der Waals surface area contributed by atoms with Crippen LogP contribution in [0, 0.1) is 0 Å². The van der Waals surface area contributed by atoms with E-state index in [1.165, 1.54) is 38.9 Å². The quantitative estimate of drug-likeness (QED) is 0.186. The monoisotopic (exact) mass is 597 g/mol. The van der Waals surface area contributed by atoms with Crippen molar-refractivity contribution in [2.75, 3.05) is 0 Å². The van der Waals surface area contributed by atoms with E-state index in [4.69, 9.17) is 14.3 Å². The van der Waals surface area contributed by atoms with Crippen LogP contribution in [0.2, 0.25) is 0 Å². The van der Waals surface area contributed by atoms with Gasteiger partial charge in [0.15, 0.2) is 0 Å². The Bertz CT molecular complexity index is 2000. The number of fused-ring (bicyclic) bond motifs is 3. The van der Waals surface area contributed by atoms with Gasteiger partial charge in [0, 0.05) is 11.8 Å². The molecule has 1 aliphatic heterocycles. The minimum absolute atomic E-state index is 0.469. The summed E-state index contributed by atoms with van der Waals surface area (Å²) in [7, 11) is -0.519. The minimum atomic E-state index is -0.597. The van der Waals surface area contributed by atoms with Crippen LogP contribution in [0.25, 0.3) is 33.5 Å². The summed E-state index contributed by atoms with van der Waals surface area (Å²) in [4.78, 5) is 4.79. The predicted octanol–water partition coefficient (Wildman–Crippen LogP) is 9.08. The molecule has 0 radical (unpaired) electrons. The first kappa shape index (κ1) is 28.7. The van der Waals surface area contributed by atoms with Gasteiger partial charge < -0.3 is 9.31 Å². The van der Waals surface area contributed by atoms with Gasteiger partial charge in [-0.25, -0.2) is 0 Å². The van der Waals surface area contributed by atoms with Gasteiger partial charge in [0.25, 0.3) is 0 Å². The molecule has 0 N–H and O–H groups in total. The molecule has 2 heterocycles. The Labute approximate surface area is 272 Å². The molecule has 46 heavy (non-hydrogen) atoms. The van der Waals surface area contributed by atoms with Crippen LogP contribution in [-0.2, 0) is 14.7 Å². The van der Waals surface area contributed by atoms with Crippen molar-refractivity contribution in [3.63, 3.8) is 0 Å². The van der Waals surface area contributed by atoms with Gasteiger partial charge in [-0.05, 0) is 89.8 Å². The second-order valence-corrected chi connectivity index (χ2v) is 13.3. The average Bonchev–Trinajstić information content (AvgIpc) is 3.52. The molecule has 0 amide bonds. The largest absolute Gasteiger partial charge is 0.495 e. The van der Waals surface area contributed by atoms with E-state index in [1.54, 1.807) is 0 Å². The summed E-state index contributed by atoms with van der Waals surface area (Å²) in [6.45, 7) is 8.49. The van der Waals surface area contributed by atoms with E-state index < -0.39 is 23.7 Å². The summed E-state index contributed by atoms with van der Waals surface area (Å²) in [6.07, 6.45) is 1.87. The third kappa shape index (κ3) is 4.17. The highest BCUT2D eigenvalue weighted by molar-refractivity contribution is 6.64. The molecule has 0 saturated carbocycles. The SMILES string of the molecule is CC1(C)OB(c2ccc(-c3ccccc3-c3ccccn3)c3c2-c2ccccc2C3(c2ccccc2)c2ccccc2)OC1(C)C. The Morgan fingerprint density at radius 1 is 0.500 bits per heavy atom. The van der Waals surface area contributed by atoms with E-state index in [-0.39, 0.29) is 0 Å². The van der Waals surface area contributed by atoms with Crippen molar-refractivity contribution in [3.05, 3.63) is 168 Å². The van der Waals surface area contributed by atoms with Crippen LogP contribution in [0.3, 0.4) is 0 Å². The van der Waals surface area contributed by atoms with Gasteiger partial charge in [-0.2, -0.15) is 0 Å². The zero-order chi connectivity index (χ0) is 31.5. The van der Waals surface area contributed by atoms with Gasteiger partial charge in [0.05, 0.1) is 22.3 Å². The maximum Gasteiger partial charge on any atom is 0.495 e. The average molecular weight is 598 g/mol. The van der Waals surface area contributed by atoms with Crippen LogP contribution in [0.1, 0.15) is 49.9 Å². The van der Waals surface area contributed by atoms with Crippen LogP contribution in [0.4, 0.5) is 0 Å². The number of aromatic nitrogens is 1. The van der Waals surface area contributed by atoms with E-state index >= 15 is 0 Å². The van der Waals surface area contributed by atoms with Crippen molar-refractivity contribution in [1.29, 1.82) is 0 Å². The van der Waals surface area contributed by atoms with Crippen molar-refractivity contribution in [2.45, 2.75) is 44.3 Å². The van der Waals surface area contributed by atoms with Crippen LogP contribution >= 0.6 is 0 Å². The second-order valence-electron chi connectivity index (χ2n) is 13.3. The van der Waals surface area contributed by atoms with Crippen molar-refractivity contribution in [3.8, 4) is 33.5 Å². The molecule has 1 fully saturated rings. The first-order chi connectivity index (χ1) is 22.3. The van der Waals surface area contributed by atoms with Crippen molar-refractivity contribution in [2.24, 2.45) is 0 Å². The number of benzene rings is 5. The maximum atomic E-state index is 6.78. The Kier molecular flexibility index (Phi) is 6.65. The summed E-state index contributed by atoms with van der Waals surface area (Å²) in [6, 6.07) is 50.1. The molecule has 1 aromatic heterocycles. The summed E-state index contributed by atoms with van der Waals surface area (Å²) in [5, 5.41) is 0. The maximum absolute atomic E-state index is 6.78. The smallest absolute Gasteiger partial charge is 0.399 e. The summed E-state index contributed by atoms with van der Waals surface area (Å²) >= 11 is 0. The molecule has 0 spiro atoms. The van der Waals surface area contributed by atoms with E-state index in [1.807, 2.05) is 12.3 Å². The van der Waals surface area contributed by atoms with E-state index in [2.05, 4.69) is 161 Å². The lowest BCUT2D eigenvalue weighted by Gasteiger charge is -2.35. The Morgan fingerprint density at radius 3 is 1.65 bits per heavy atom. The third-order valence-electron chi connectivity index (χ3n) is 10.3. The van der Waals surface area contributed by atoms with Crippen LogP contribution in [0.15, 0.2) is 146 Å². The fourth-order valence-electron chi connectivity index (χ4n) is 7.46. The number of pyridine rings is 1. The fourth-order valence-corrected chi connectivity index (χ4v) is 7.46. The van der Waals surface area contributed by atoms with Crippen LogP contribution < -0.4 is 5.46 Å². The lowest BCUT2D eigenvalue weighted by molar-refractivity contribution is 0.00578. The number of nitrogens with zero attached hydrogens (tertiary/aromatic N) is 1. The Balaban J connectivity index is 1.53. The lowest BCUT2D eigenvalue weighted by Crippen LogP contribution is -2.41. The number of rotatable bonds is 5. The first-order valence-corrected chi connectivity index (χ1v) is 16.1. The molecule has 8 rings (SSSR count). The standard InChI is InChI=1S/C42H36BNO2/c1-40(2)41(3,4)46-43(45-40)36-27-26-33(31-21-11-12-22-32(31)37-25-15-16-28-44-37)39-38(36)34-23-13-14-24-35(34)42(39,29-17-7-5-8-18-29)30-19-9-6-10-20-30/h5-28H,1-4H3. The molecule has 1 saturated heterocycles. The highest BCUT2D eigenvalue weighted by Gasteiger charge is 2.55. The van der Waals surface area contributed by atoms with Crippen LogP contribution in [0.5, 0.6) is 0 Å². The molecule has 5 aromatic carbocycles. The Hall–Kier alpha value is -4.77. The molecule has 0 atom stereocenters. The van der Waals surface area contributed by atoms with Crippen molar-refractivity contribution in [1.82, 2.24) is 4.98 Å². The number of hydrogen-bond acceptors (Lipinski definition) is 3. The van der Waals surface area contributed by atoms with E-state index in [0.29, 0.717) is 0 Å². The van der Waals surface area contributed by atoms with Crippen molar-refractivity contribution >= 4 is 12.6 Å². The highest BCUT2D eigenvalue weighted by Crippen LogP contribution is 2.59. The molecule has 1 aliphatic carbocycles. The van der Waals surface area contributed by atoms with Gasteiger partial charge >= 0.3 is 7.12 Å². The molecule has 6 aromatic rings. The first-order valence-electron chi connectivity index (χ1n) is 16.1. The van der Waals surface area contributed by atoms with Gasteiger partial charge in [-0.1, -0.05) is 127 Å². The summed E-state index contributed by atoms with van der Waals surface area (Å²) < 4.78 is 13.6. The Morgan fingerprint density at radius 2 is 1.04 bits per heavy atom. The fraction of sp³-hybridized carbons (Fsp3) is 0.167. The minimum Gasteiger partial charge on any atom is -0.399 e. The molecule has 0 bridgehead atoms. The normalized spacial score (nSPS) is 17.0. The molecule has 224 valence electrons. The second kappa shape index (κ2) is 10.7. The summed E-state index contributed by atoms with van der Waals surface area (Å²) in [5.41, 5.74) is 11.2. The third-order valence-corrected chi connectivity index (χ3v) is 10.3. The topological polar surface area (TPSA) is 31.4 Å². The molecular formula is C42H36BNO2. The molecule has 0 unspecified atom stereocenters. The van der Waals surface area contributed by atoms with Gasteiger partial charge in [0.1, 0.15) is 0 Å². The van der Waals surface area contributed by atoms with Gasteiger partial charge in [-0.3, -0.25) is 4.98 Å². The zero-order valence-electron chi connectivity index (χ0n) is 26.7. The molecule has 3 nitrogen and oxygen atoms in total.